The predicted molar refractivity (Wildman–Crippen MR) is 117 cm³/mol. The van der Waals surface area contributed by atoms with Gasteiger partial charge in [0.1, 0.15) is 23.2 Å². The number of benzene rings is 2. The van der Waals surface area contributed by atoms with Gasteiger partial charge < -0.3 is 15.0 Å². The van der Waals surface area contributed by atoms with Gasteiger partial charge in [0, 0.05) is 50.5 Å². The monoisotopic (exact) mass is 389 g/mol. The highest BCUT2D eigenvalue weighted by Gasteiger charge is 2.19. The molecule has 6 nitrogen and oxygen atoms in total. The third-order valence-electron chi connectivity index (χ3n) is 5.11. The van der Waals surface area contributed by atoms with E-state index in [9.17, 15) is 0 Å². The molecule has 1 aliphatic rings. The fourth-order valence-corrected chi connectivity index (χ4v) is 3.60. The minimum absolute atomic E-state index is 0.764. The molecule has 0 unspecified atom stereocenters. The lowest BCUT2D eigenvalue weighted by atomic mass is 10.2. The van der Waals surface area contributed by atoms with Crippen LogP contribution in [0.1, 0.15) is 11.4 Å². The fraction of sp³-hybridized carbons (Fsp3) is 0.304. The second kappa shape index (κ2) is 8.92. The summed E-state index contributed by atoms with van der Waals surface area (Å²) in [6, 6.07) is 20.5. The molecule has 1 saturated heterocycles. The predicted octanol–water partition coefficient (Wildman–Crippen LogP) is 3.86. The van der Waals surface area contributed by atoms with E-state index in [2.05, 4.69) is 55.4 Å². The van der Waals surface area contributed by atoms with Gasteiger partial charge in [-0.25, -0.2) is 9.97 Å². The first-order chi connectivity index (χ1) is 14.2. The number of ether oxygens (including phenoxy) is 1. The summed E-state index contributed by atoms with van der Waals surface area (Å²) < 4.78 is 5.30. The molecule has 2 aromatic carbocycles. The van der Waals surface area contributed by atoms with Crippen molar-refractivity contribution in [3.05, 3.63) is 72.1 Å². The van der Waals surface area contributed by atoms with E-state index in [0.717, 1.165) is 61.6 Å². The number of nitrogens with zero attached hydrogens (tertiary/aromatic N) is 4. The minimum Gasteiger partial charge on any atom is -0.497 e. The number of aryl methyl sites for hydroxylation is 1. The van der Waals surface area contributed by atoms with Crippen molar-refractivity contribution in [1.29, 1.82) is 0 Å². The van der Waals surface area contributed by atoms with Gasteiger partial charge in [0.25, 0.3) is 0 Å². The first-order valence-corrected chi connectivity index (χ1v) is 9.97. The SMILES string of the molecule is COc1cccc(Nc2cc(N3CCN(Cc4ccccc4)CC3)nc(C)n2)c1. The van der Waals surface area contributed by atoms with Crippen LogP contribution in [0.4, 0.5) is 17.3 Å². The van der Waals surface area contributed by atoms with E-state index in [-0.39, 0.29) is 0 Å². The molecule has 1 N–H and O–H groups in total. The van der Waals surface area contributed by atoms with Crippen LogP contribution in [-0.4, -0.2) is 48.2 Å². The van der Waals surface area contributed by atoms with Crippen LogP contribution in [0.3, 0.4) is 0 Å². The summed E-state index contributed by atoms with van der Waals surface area (Å²) in [5.74, 6) is 3.35. The van der Waals surface area contributed by atoms with E-state index >= 15 is 0 Å². The Labute approximate surface area is 172 Å². The van der Waals surface area contributed by atoms with Crippen molar-refractivity contribution in [1.82, 2.24) is 14.9 Å². The molecule has 29 heavy (non-hydrogen) atoms. The van der Waals surface area contributed by atoms with Crippen LogP contribution in [-0.2, 0) is 6.54 Å². The molecule has 150 valence electrons. The molecule has 0 spiro atoms. The van der Waals surface area contributed by atoms with Gasteiger partial charge in [0.15, 0.2) is 0 Å². The lowest BCUT2D eigenvalue weighted by molar-refractivity contribution is 0.249. The van der Waals surface area contributed by atoms with Crippen LogP contribution in [0, 0.1) is 6.92 Å². The van der Waals surface area contributed by atoms with Crippen molar-refractivity contribution >= 4 is 17.3 Å². The van der Waals surface area contributed by atoms with Gasteiger partial charge in [-0.05, 0) is 24.6 Å². The topological polar surface area (TPSA) is 53.5 Å². The van der Waals surface area contributed by atoms with E-state index in [0.29, 0.717) is 0 Å². The zero-order valence-corrected chi connectivity index (χ0v) is 17.0. The standard InChI is InChI=1S/C23H27N5O/c1-18-24-22(26-20-9-6-10-21(15-20)29-2)16-23(25-18)28-13-11-27(12-14-28)17-19-7-4-3-5-8-19/h3-10,15-16H,11-14,17H2,1-2H3,(H,24,25,26). The van der Waals surface area contributed by atoms with Crippen LogP contribution in [0.25, 0.3) is 0 Å². The van der Waals surface area contributed by atoms with Gasteiger partial charge in [-0.1, -0.05) is 36.4 Å². The van der Waals surface area contributed by atoms with Crippen LogP contribution in [0.15, 0.2) is 60.7 Å². The zero-order chi connectivity index (χ0) is 20.1. The molecule has 1 aliphatic heterocycles. The molecule has 1 fully saturated rings. The maximum absolute atomic E-state index is 5.30. The Morgan fingerprint density at radius 2 is 1.72 bits per heavy atom. The minimum atomic E-state index is 0.764. The van der Waals surface area contributed by atoms with Crippen LogP contribution < -0.4 is 15.0 Å². The van der Waals surface area contributed by atoms with Crippen molar-refractivity contribution in [2.45, 2.75) is 13.5 Å². The molecule has 1 aromatic heterocycles. The average Bonchev–Trinajstić information content (AvgIpc) is 2.75. The third kappa shape index (κ3) is 5.03. The molecule has 4 rings (SSSR count). The molecule has 6 heteroatoms. The second-order valence-corrected chi connectivity index (χ2v) is 7.26. The Hall–Kier alpha value is -3.12. The number of hydrogen-bond acceptors (Lipinski definition) is 6. The van der Waals surface area contributed by atoms with Gasteiger partial charge in [-0.15, -0.1) is 0 Å². The van der Waals surface area contributed by atoms with E-state index in [4.69, 9.17) is 4.74 Å². The third-order valence-corrected chi connectivity index (χ3v) is 5.11. The fourth-order valence-electron chi connectivity index (χ4n) is 3.60. The highest BCUT2D eigenvalue weighted by Crippen LogP contribution is 2.23. The number of anilines is 3. The zero-order valence-electron chi connectivity index (χ0n) is 17.0. The molecule has 3 aromatic rings. The smallest absolute Gasteiger partial charge is 0.136 e. The number of rotatable bonds is 6. The van der Waals surface area contributed by atoms with Gasteiger partial charge in [0.2, 0.25) is 0 Å². The highest BCUT2D eigenvalue weighted by atomic mass is 16.5. The van der Waals surface area contributed by atoms with Crippen LogP contribution >= 0.6 is 0 Å². The Kier molecular flexibility index (Phi) is 5.91. The van der Waals surface area contributed by atoms with Crippen LogP contribution in [0.5, 0.6) is 5.75 Å². The number of hydrogen-bond donors (Lipinski definition) is 1. The molecule has 0 amide bonds. The molecule has 2 heterocycles. The Bertz CT molecular complexity index is 939. The molecule has 0 atom stereocenters. The number of piperazine rings is 1. The maximum Gasteiger partial charge on any atom is 0.136 e. The second-order valence-electron chi connectivity index (χ2n) is 7.26. The highest BCUT2D eigenvalue weighted by molar-refractivity contribution is 5.61. The van der Waals surface area contributed by atoms with Gasteiger partial charge in [0.05, 0.1) is 7.11 Å². The van der Waals surface area contributed by atoms with E-state index in [1.54, 1.807) is 7.11 Å². The number of methoxy groups -OCH3 is 1. The first kappa shape index (κ1) is 19.2. The molecular formula is C23H27N5O. The summed E-state index contributed by atoms with van der Waals surface area (Å²) in [6.07, 6.45) is 0. The van der Waals surface area contributed by atoms with Crippen molar-refractivity contribution in [3.8, 4) is 5.75 Å². The largest absolute Gasteiger partial charge is 0.497 e. The summed E-state index contributed by atoms with van der Waals surface area (Å²) in [5, 5.41) is 3.37. The quantitative estimate of drug-likeness (QED) is 0.691. The summed E-state index contributed by atoms with van der Waals surface area (Å²) >= 11 is 0. The number of nitrogens with one attached hydrogen (secondary N) is 1. The molecule has 0 radical (unpaired) electrons. The Morgan fingerprint density at radius 1 is 0.931 bits per heavy atom. The van der Waals surface area contributed by atoms with Crippen molar-refractivity contribution in [3.63, 3.8) is 0 Å². The number of aromatic nitrogens is 2. The van der Waals surface area contributed by atoms with E-state index < -0.39 is 0 Å². The van der Waals surface area contributed by atoms with E-state index in [1.165, 1.54) is 5.56 Å². The summed E-state index contributed by atoms with van der Waals surface area (Å²) in [5.41, 5.74) is 2.31. The summed E-state index contributed by atoms with van der Waals surface area (Å²) in [4.78, 5) is 14.1. The Morgan fingerprint density at radius 3 is 2.48 bits per heavy atom. The molecular weight excluding hydrogens is 362 g/mol. The molecule has 0 saturated carbocycles. The molecule has 0 bridgehead atoms. The van der Waals surface area contributed by atoms with Gasteiger partial charge >= 0.3 is 0 Å². The maximum atomic E-state index is 5.30. The lowest BCUT2D eigenvalue weighted by Gasteiger charge is -2.35. The van der Waals surface area contributed by atoms with Crippen LogP contribution in [0.2, 0.25) is 0 Å². The van der Waals surface area contributed by atoms with Gasteiger partial charge in [-0.3, -0.25) is 4.90 Å². The Balaban J connectivity index is 1.41. The van der Waals surface area contributed by atoms with E-state index in [1.807, 2.05) is 37.3 Å². The summed E-state index contributed by atoms with van der Waals surface area (Å²) in [6.45, 7) is 6.91. The molecule has 0 aliphatic carbocycles. The normalized spacial score (nSPS) is 14.6. The van der Waals surface area contributed by atoms with Crippen molar-refractivity contribution < 1.29 is 4.74 Å². The van der Waals surface area contributed by atoms with Crippen molar-refractivity contribution in [2.75, 3.05) is 43.5 Å². The first-order valence-electron chi connectivity index (χ1n) is 9.97. The summed E-state index contributed by atoms with van der Waals surface area (Å²) in [7, 11) is 1.67. The lowest BCUT2D eigenvalue weighted by Crippen LogP contribution is -2.46. The van der Waals surface area contributed by atoms with Gasteiger partial charge in [-0.2, -0.15) is 0 Å². The van der Waals surface area contributed by atoms with Crippen molar-refractivity contribution in [2.24, 2.45) is 0 Å². The average molecular weight is 390 g/mol.